The van der Waals surface area contributed by atoms with Crippen molar-refractivity contribution in [3.8, 4) is 5.75 Å². The third kappa shape index (κ3) is 13.0. The summed E-state index contributed by atoms with van der Waals surface area (Å²) in [6.07, 6.45) is -1.45. The Hall–Kier alpha value is -5.05. The van der Waals surface area contributed by atoms with Gasteiger partial charge in [0.15, 0.2) is 0 Å². The van der Waals surface area contributed by atoms with Gasteiger partial charge in [0.05, 0.1) is 11.5 Å². The smallest absolute Gasteiger partial charge is 0.408 e. The minimum absolute atomic E-state index is 0.00443. The predicted molar refractivity (Wildman–Crippen MR) is 149 cm³/mol. The Morgan fingerprint density at radius 3 is 2.14 bits per heavy atom. The first kappa shape index (κ1) is 34.2. The van der Waals surface area contributed by atoms with Crippen molar-refractivity contribution < 1.29 is 48.2 Å². The fourth-order valence-corrected chi connectivity index (χ4v) is 3.34. The van der Waals surface area contributed by atoms with Crippen molar-refractivity contribution in [2.24, 2.45) is 0 Å². The van der Waals surface area contributed by atoms with Gasteiger partial charge in [-0.2, -0.15) is 0 Å². The maximum atomic E-state index is 13.0. The third-order valence-electron chi connectivity index (χ3n) is 5.39. The van der Waals surface area contributed by atoms with Crippen LogP contribution in [0.15, 0.2) is 54.6 Å². The van der Waals surface area contributed by atoms with E-state index in [2.05, 4.69) is 16.0 Å². The first-order valence-electron chi connectivity index (χ1n) is 13.1. The normalized spacial score (nSPS) is 12.2. The molecule has 0 saturated carbocycles. The van der Waals surface area contributed by atoms with Gasteiger partial charge in [0.1, 0.15) is 36.6 Å². The number of non-ortho nitro benzene ring substituents is 1. The van der Waals surface area contributed by atoms with Crippen molar-refractivity contribution in [1.29, 1.82) is 0 Å². The zero-order valence-corrected chi connectivity index (χ0v) is 23.9. The van der Waals surface area contributed by atoms with Crippen LogP contribution in [-0.2, 0) is 35.3 Å². The van der Waals surface area contributed by atoms with Crippen LogP contribution in [0.2, 0.25) is 0 Å². The minimum atomic E-state index is -1.53. The SMILES string of the molecule is CC(C)(C)OC(=O)N[C@@H](CCC(=O)OCc1ccccc1)C(=O)N[C@@H](CO)C(=O)NCC(=O)Oc1ccc([N+](=O)[O-])cc1. The summed E-state index contributed by atoms with van der Waals surface area (Å²) in [5.74, 6) is -3.44. The largest absolute Gasteiger partial charge is 0.461 e. The van der Waals surface area contributed by atoms with Crippen LogP contribution in [0.1, 0.15) is 39.2 Å². The Morgan fingerprint density at radius 2 is 1.56 bits per heavy atom. The van der Waals surface area contributed by atoms with E-state index in [-0.39, 0.29) is 30.9 Å². The van der Waals surface area contributed by atoms with Gasteiger partial charge in [0.2, 0.25) is 11.8 Å². The molecule has 2 rings (SSSR count). The molecule has 232 valence electrons. The average Bonchev–Trinajstić information content (AvgIpc) is 2.95. The lowest BCUT2D eigenvalue weighted by molar-refractivity contribution is -0.384. The summed E-state index contributed by atoms with van der Waals surface area (Å²) in [5, 5.41) is 27.2. The molecule has 0 radical (unpaired) electrons. The van der Waals surface area contributed by atoms with E-state index in [4.69, 9.17) is 14.2 Å². The van der Waals surface area contributed by atoms with Gasteiger partial charge in [-0.1, -0.05) is 30.3 Å². The number of aliphatic hydroxyl groups excluding tert-OH is 1. The lowest BCUT2D eigenvalue weighted by atomic mass is 10.1. The highest BCUT2D eigenvalue weighted by Gasteiger charge is 2.29. The summed E-state index contributed by atoms with van der Waals surface area (Å²) in [7, 11) is 0. The zero-order chi connectivity index (χ0) is 32.0. The molecule has 4 N–H and O–H groups in total. The molecule has 0 aliphatic rings. The zero-order valence-electron chi connectivity index (χ0n) is 23.9. The molecule has 3 amide bonds. The number of nitro benzene ring substituents is 1. The van der Waals surface area contributed by atoms with Gasteiger partial charge in [-0.05, 0) is 44.9 Å². The number of carbonyl (C=O) groups is 5. The summed E-state index contributed by atoms with van der Waals surface area (Å²) in [6.45, 7) is 3.32. The molecule has 0 heterocycles. The van der Waals surface area contributed by atoms with Crippen molar-refractivity contribution in [3.05, 3.63) is 70.3 Å². The molecule has 0 aliphatic heterocycles. The molecule has 2 aromatic rings. The number of nitro groups is 1. The second-order valence-corrected chi connectivity index (χ2v) is 10.1. The van der Waals surface area contributed by atoms with Crippen LogP contribution in [0.3, 0.4) is 0 Å². The number of ether oxygens (including phenoxy) is 3. The van der Waals surface area contributed by atoms with Crippen molar-refractivity contribution in [3.63, 3.8) is 0 Å². The van der Waals surface area contributed by atoms with E-state index in [1.54, 1.807) is 45.0 Å². The highest BCUT2D eigenvalue weighted by molar-refractivity contribution is 5.92. The van der Waals surface area contributed by atoms with Gasteiger partial charge in [-0.15, -0.1) is 0 Å². The molecule has 0 bridgehead atoms. The molecule has 0 spiro atoms. The number of nitrogens with one attached hydrogen (secondary N) is 3. The molecule has 15 heteroatoms. The van der Waals surface area contributed by atoms with Crippen molar-refractivity contribution in [1.82, 2.24) is 16.0 Å². The number of hydrogen-bond acceptors (Lipinski definition) is 11. The number of alkyl carbamates (subject to hydrolysis) is 1. The molecule has 43 heavy (non-hydrogen) atoms. The number of benzene rings is 2. The molecule has 0 aliphatic carbocycles. The van der Waals surface area contributed by atoms with Crippen LogP contribution in [0, 0.1) is 10.1 Å². The van der Waals surface area contributed by atoms with Crippen LogP contribution in [0.4, 0.5) is 10.5 Å². The number of nitrogens with zero attached hydrogens (tertiary/aromatic N) is 1. The lowest BCUT2D eigenvalue weighted by Crippen LogP contribution is -2.56. The second-order valence-electron chi connectivity index (χ2n) is 10.1. The van der Waals surface area contributed by atoms with Crippen molar-refractivity contribution in [2.45, 2.75) is 57.9 Å². The highest BCUT2D eigenvalue weighted by atomic mass is 16.6. The van der Waals surface area contributed by atoms with Crippen LogP contribution >= 0.6 is 0 Å². The van der Waals surface area contributed by atoms with Gasteiger partial charge < -0.3 is 35.3 Å². The molecule has 0 saturated heterocycles. The van der Waals surface area contributed by atoms with Gasteiger partial charge in [0.25, 0.3) is 5.69 Å². The first-order chi connectivity index (χ1) is 20.3. The van der Waals surface area contributed by atoms with Crippen LogP contribution < -0.4 is 20.7 Å². The molecule has 0 aromatic heterocycles. The monoisotopic (exact) mass is 602 g/mol. The van der Waals surface area contributed by atoms with E-state index >= 15 is 0 Å². The van der Waals surface area contributed by atoms with Gasteiger partial charge >= 0.3 is 18.0 Å². The van der Waals surface area contributed by atoms with E-state index in [1.807, 2.05) is 6.07 Å². The molecular weight excluding hydrogens is 568 g/mol. The van der Waals surface area contributed by atoms with E-state index < -0.39 is 65.6 Å². The fraction of sp³-hybridized carbons (Fsp3) is 0.393. The Labute approximate surface area is 247 Å². The van der Waals surface area contributed by atoms with Crippen molar-refractivity contribution >= 4 is 35.5 Å². The summed E-state index contributed by atoms with van der Waals surface area (Å²) < 4.78 is 15.4. The maximum absolute atomic E-state index is 13.0. The number of aliphatic hydroxyl groups is 1. The number of amides is 3. The van der Waals surface area contributed by atoms with Crippen LogP contribution in [-0.4, -0.2) is 70.7 Å². The topological polar surface area (TPSA) is 212 Å². The molecule has 2 aromatic carbocycles. The Morgan fingerprint density at radius 1 is 0.907 bits per heavy atom. The quantitative estimate of drug-likeness (QED) is 0.105. The first-order valence-corrected chi connectivity index (χ1v) is 13.1. The van der Waals surface area contributed by atoms with Crippen LogP contribution in [0.25, 0.3) is 0 Å². The molecule has 0 fully saturated rings. The molecular formula is C28H34N4O11. The Balaban J connectivity index is 1.95. The summed E-state index contributed by atoms with van der Waals surface area (Å²) in [4.78, 5) is 72.4. The minimum Gasteiger partial charge on any atom is -0.461 e. The highest BCUT2D eigenvalue weighted by Crippen LogP contribution is 2.17. The molecule has 2 atom stereocenters. The van der Waals surface area contributed by atoms with Crippen LogP contribution in [0.5, 0.6) is 5.75 Å². The number of hydrogen-bond donors (Lipinski definition) is 4. The summed E-state index contributed by atoms with van der Waals surface area (Å²) in [5.41, 5.74) is -0.348. The Kier molecular flexibility index (Phi) is 13.0. The fourth-order valence-electron chi connectivity index (χ4n) is 3.34. The van der Waals surface area contributed by atoms with Crippen molar-refractivity contribution in [2.75, 3.05) is 13.2 Å². The number of esters is 2. The van der Waals surface area contributed by atoms with E-state index in [0.29, 0.717) is 0 Å². The van der Waals surface area contributed by atoms with Gasteiger partial charge in [-0.3, -0.25) is 24.5 Å². The standard InChI is InChI=1S/C28H34N4O11/c1-28(2,3)43-27(38)31-21(13-14-23(34)41-17-18-7-5-4-6-8-18)26(37)30-22(16-33)25(36)29-15-24(35)42-20-11-9-19(10-12-20)32(39)40/h4-12,21-22,33H,13-17H2,1-3H3,(H,29,36)(H,30,37)(H,31,38)/t21-,22-/m0/s1. The number of rotatable bonds is 14. The average molecular weight is 603 g/mol. The Bertz CT molecular complexity index is 1280. The number of carbonyl (C=O) groups excluding carboxylic acids is 5. The summed E-state index contributed by atoms with van der Waals surface area (Å²) in [6, 6.07) is 10.7. The van der Waals surface area contributed by atoms with Gasteiger partial charge in [0, 0.05) is 18.6 Å². The van der Waals surface area contributed by atoms with E-state index in [1.165, 1.54) is 12.1 Å². The lowest BCUT2D eigenvalue weighted by Gasteiger charge is -2.24. The summed E-state index contributed by atoms with van der Waals surface area (Å²) >= 11 is 0. The van der Waals surface area contributed by atoms with E-state index in [0.717, 1.165) is 17.7 Å². The molecule has 0 unspecified atom stereocenters. The second kappa shape index (κ2) is 16.4. The third-order valence-corrected chi connectivity index (χ3v) is 5.39. The maximum Gasteiger partial charge on any atom is 0.408 e. The molecule has 15 nitrogen and oxygen atoms in total. The van der Waals surface area contributed by atoms with Gasteiger partial charge in [-0.25, -0.2) is 9.59 Å². The van der Waals surface area contributed by atoms with E-state index in [9.17, 15) is 39.2 Å². The predicted octanol–water partition coefficient (Wildman–Crippen LogP) is 1.51.